The van der Waals surface area contributed by atoms with Crippen molar-refractivity contribution in [2.24, 2.45) is 0 Å². The molecule has 0 atom stereocenters. The zero-order valence-corrected chi connectivity index (χ0v) is 15.4. The third-order valence-corrected chi connectivity index (χ3v) is 5.31. The number of hydrogen-bond donors (Lipinski definition) is 0. The Balaban J connectivity index is 1.72. The van der Waals surface area contributed by atoms with Crippen molar-refractivity contribution < 1.29 is 4.79 Å². The highest BCUT2D eigenvalue weighted by atomic mass is 16.2. The van der Waals surface area contributed by atoms with Crippen LogP contribution in [0, 0.1) is 13.8 Å². The van der Waals surface area contributed by atoms with Crippen LogP contribution in [0.2, 0.25) is 0 Å². The Labute approximate surface area is 153 Å². The number of amides is 1. The Morgan fingerprint density at radius 3 is 2.54 bits per heavy atom. The summed E-state index contributed by atoms with van der Waals surface area (Å²) in [6.07, 6.45) is 5.86. The van der Waals surface area contributed by atoms with E-state index < -0.39 is 0 Å². The SMILES string of the molecule is Cc1nc2c(C(=O)N3CCCCC3)cnn2c(C)c1Cc1ccccc1. The third kappa shape index (κ3) is 2.98. The van der Waals surface area contributed by atoms with Gasteiger partial charge in [-0.3, -0.25) is 4.79 Å². The molecule has 1 amide bonds. The lowest BCUT2D eigenvalue weighted by molar-refractivity contribution is 0.0726. The molecular formula is C21H24N4O. The van der Waals surface area contributed by atoms with Gasteiger partial charge in [-0.25, -0.2) is 9.50 Å². The number of hydrogen-bond acceptors (Lipinski definition) is 3. The maximum atomic E-state index is 12.9. The first-order valence-electron chi connectivity index (χ1n) is 9.32. The standard InChI is InChI=1S/C21H24N4O/c1-15-18(13-17-9-5-3-6-10-17)16(2)25-20(23-15)19(14-22-25)21(26)24-11-7-4-8-12-24/h3,5-6,9-10,14H,4,7-8,11-13H2,1-2H3. The van der Waals surface area contributed by atoms with Gasteiger partial charge in [-0.05, 0) is 44.2 Å². The van der Waals surface area contributed by atoms with E-state index >= 15 is 0 Å². The number of benzene rings is 1. The van der Waals surface area contributed by atoms with Crippen LogP contribution in [-0.2, 0) is 6.42 Å². The van der Waals surface area contributed by atoms with Crippen molar-refractivity contribution in [1.82, 2.24) is 19.5 Å². The van der Waals surface area contributed by atoms with Gasteiger partial charge in [-0.2, -0.15) is 5.10 Å². The fourth-order valence-corrected chi connectivity index (χ4v) is 3.79. The Bertz CT molecular complexity index is 940. The summed E-state index contributed by atoms with van der Waals surface area (Å²) in [6, 6.07) is 10.4. The predicted octanol–water partition coefficient (Wildman–Crippen LogP) is 3.56. The van der Waals surface area contributed by atoms with E-state index in [0.717, 1.165) is 43.7 Å². The van der Waals surface area contributed by atoms with E-state index in [1.54, 1.807) is 6.20 Å². The fourth-order valence-electron chi connectivity index (χ4n) is 3.79. The van der Waals surface area contributed by atoms with Crippen molar-refractivity contribution in [2.75, 3.05) is 13.1 Å². The molecule has 0 spiro atoms. The first-order valence-corrected chi connectivity index (χ1v) is 9.32. The molecule has 4 rings (SSSR count). The molecule has 0 unspecified atom stereocenters. The summed E-state index contributed by atoms with van der Waals surface area (Å²) in [6.45, 7) is 5.75. The summed E-state index contributed by atoms with van der Waals surface area (Å²) in [5.41, 5.74) is 5.72. The summed E-state index contributed by atoms with van der Waals surface area (Å²) >= 11 is 0. The zero-order chi connectivity index (χ0) is 18.1. The van der Waals surface area contributed by atoms with Gasteiger partial charge in [0.05, 0.1) is 6.20 Å². The van der Waals surface area contributed by atoms with E-state index in [0.29, 0.717) is 11.2 Å². The minimum atomic E-state index is 0.0572. The highest BCUT2D eigenvalue weighted by Crippen LogP contribution is 2.22. The minimum Gasteiger partial charge on any atom is -0.338 e. The lowest BCUT2D eigenvalue weighted by Gasteiger charge is -2.26. The smallest absolute Gasteiger partial charge is 0.259 e. The second kappa shape index (κ2) is 6.90. The van der Waals surface area contributed by atoms with Crippen molar-refractivity contribution in [2.45, 2.75) is 39.5 Å². The van der Waals surface area contributed by atoms with Crippen LogP contribution in [0.15, 0.2) is 36.5 Å². The molecule has 1 aliphatic rings. The van der Waals surface area contributed by atoms with Crippen molar-refractivity contribution >= 4 is 11.6 Å². The lowest BCUT2D eigenvalue weighted by atomic mass is 10.0. The van der Waals surface area contributed by atoms with Crippen LogP contribution < -0.4 is 0 Å². The van der Waals surface area contributed by atoms with Crippen molar-refractivity contribution in [3.05, 3.63) is 64.6 Å². The molecule has 0 saturated carbocycles. The van der Waals surface area contributed by atoms with Gasteiger partial charge < -0.3 is 4.90 Å². The number of fused-ring (bicyclic) bond motifs is 1. The van der Waals surface area contributed by atoms with Gasteiger partial charge in [0.1, 0.15) is 5.56 Å². The molecule has 5 heteroatoms. The van der Waals surface area contributed by atoms with Gasteiger partial charge in [0, 0.05) is 30.9 Å². The minimum absolute atomic E-state index is 0.0572. The lowest BCUT2D eigenvalue weighted by Crippen LogP contribution is -2.35. The van der Waals surface area contributed by atoms with E-state index in [9.17, 15) is 4.79 Å². The second-order valence-electron chi connectivity index (χ2n) is 7.07. The molecule has 3 heterocycles. The molecule has 1 saturated heterocycles. The number of nitrogens with zero attached hydrogens (tertiary/aromatic N) is 4. The quantitative estimate of drug-likeness (QED) is 0.727. The summed E-state index contributed by atoms with van der Waals surface area (Å²) in [5.74, 6) is 0.0572. The van der Waals surface area contributed by atoms with E-state index in [2.05, 4.69) is 36.3 Å². The molecule has 0 aliphatic carbocycles. The Morgan fingerprint density at radius 1 is 1.08 bits per heavy atom. The van der Waals surface area contributed by atoms with Crippen molar-refractivity contribution in [3.8, 4) is 0 Å². The summed E-state index contributed by atoms with van der Waals surface area (Å²) in [5, 5.41) is 4.48. The van der Waals surface area contributed by atoms with E-state index in [1.165, 1.54) is 17.5 Å². The third-order valence-electron chi connectivity index (χ3n) is 5.31. The summed E-state index contributed by atoms with van der Waals surface area (Å²) in [4.78, 5) is 19.6. The van der Waals surface area contributed by atoms with Crippen LogP contribution in [0.1, 0.15) is 52.1 Å². The molecule has 134 valence electrons. The first kappa shape index (κ1) is 16.8. The molecule has 3 aromatic rings. The zero-order valence-electron chi connectivity index (χ0n) is 15.4. The Hall–Kier alpha value is -2.69. The van der Waals surface area contributed by atoms with Crippen LogP contribution in [0.5, 0.6) is 0 Å². The number of likely N-dealkylation sites (tertiary alicyclic amines) is 1. The van der Waals surface area contributed by atoms with Crippen molar-refractivity contribution in [3.63, 3.8) is 0 Å². The fraction of sp³-hybridized carbons (Fsp3) is 0.381. The topological polar surface area (TPSA) is 50.5 Å². The highest BCUT2D eigenvalue weighted by molar-refractivity contribution is 5.99. The van der Waals surface area contributed by atoms with Crippen LogP contribution in [0.3, 0.4) is 0 Å². The van der Waals surface area contributed by atoms with Crippen LogP contribution >= 0.6 is 0 Å². The van der Waals surface area contributed by atoms with Gasteiger partial charge >= 0.3 is 0 Å². The normalized spacial score (nSPS) is 14.8. The van der Waals surface area contributed by atoms with Gasteiger partial charge in [0.15, 0.2) is 5.65 Å². The predicted molar refractivity (Wildman–Crippen MR) is 101 cm³/mol. The highest BCUT2D eigenvalue weighted by Gasteiger charge is 2.23. The van der Waals surface area contributed by atoms with Gasteiger partial charge in [0.25, 0.3) is 5.91 Å². The Morgan fingerprint density at radius 2 is 1.81 bits per heavy atom. The number of carbonyl (C=O) groups is 1. The molecule has 0 N–H and O–H groups in total. The van der Waals surface area contributed by atoms with E-state index in [-0.39, 0.29) is 5.91 Å². The maximum absolute atomic E-state index is 12.9. The monoisotopic (exact) mass is 348 g/mol. The number of rotatable bonds is 3. The van der Waals surface area contributed by atoms with Gasteiger partial charge in [-0.15, -0.1) is 0 Å². The van der Waals surface area contributed by atoms with E-state index in [4.69, 9.17) is 4.98 Å². The molecule has 1 aromatic carbocycles. The van der Waals surface area contributed by atoms with Crippen LogP contribution in [-0.4, -0.2) is 38.5 Å². The van der Waals surface area contributed by atoms with Crippen LogP contribution in [0.25, 0.3) is 5.65 Å². The maximum Gasteiger partial charge on any atom is 0.259 e. The molecule has 2 aromatic heterocycles. The number of piperidine rings is 1. The number of aromatic nitrogens is 3. The summed E-state index contributed by atoms with van der Waals surface area (Å²) < 4.78 is 1.82. The van der Waals surface area contributed by atoms with Crippen LogP contribution in [0.4, 0.5) is 0 Å². The van der Waals surface area contributed by atoms with E-state index in [1.807, 2.05) is 22.4 Å². The largest absolute Gasteiger partial charge is 0.338 e. The molecule has 1 aliphatic heterocycles. The molecular weight excluding hydrogens is 324 g/mol. The average molecular weight is 348 g/mol. The molecule has 26 heavy (non-hydrogen) atoms. The molecule has 0 bridgehead atoms. The molecule has 5 nitrogen and oxygen atoms in total. The average Bonchev–Trinajstić information content (AvgIpc) is 3.10. The number of aryl methyl sites for hydroxylation is 2. The first-order chi connectivity index (χ1) is 12.6. The Kier molecular flexibility index (Phi) is 4.45. The number of carbonyl (C=O) groups excluding carboxylic acids is 1. The van der Waals surface area contributed by atoms with Gasteiger partial charge in [0.2, 0.25) is 0 Å². The van der Waals surface area contributed by atoms with Gasteiger partial charge in [-0.1, -0.05) is 30.3 Å². The second-order valence-corrected chi connectivity index (χ2v) is 7.07. The molecule has 0 radical (unpaired) electrons. The van der Waals surface area contributed by atoms with Crippen molar-refractivity contribution in [1.29, 1.82) is 0 Å². The summed E-state index contributed by atoms with van der Waals surface area (Å²) in [7, 11) is 0. The molecule has 1 fully saturated rings.